The molecule has 0 aliphatic heterocycles. The smallest absolute Gasteiger partial charge is 0.240 e. The van der Waals surface area contributed by atoms with Crippen molar-refractivity contribution in [2.45, 2.75) is 45.2 Å². The molecule has 0 aliphatic carbocycles. The summed E-state index contributed by atoms with van der Waals surface area (Å²) in [5.41, 5.74) is 12.0. The number of hydrogen-bond donors (Lipinski definition) is 4. The normalized spacial score (nSPS) is 13.5. The van der Waals surface area contributed by atoms with Crippen LogP contribution in [0.4, 0.5) is 0 Å². The predicted molar refractivity (Wildman–Crippen MR) is 96.2 cm³/mol. The third-order valence-electron chi connectivity index (χ3n) is 3.74. The number of nitrogens with two attached hydrogens (primary N) is 2. The zero-order chi connectivity index (χ0) is 17.9. The summed E-state index contributed by atoms with van der Waals surface area (Å²) >= 11 is 0. The summed E-state index contributed by atoms with van der Waals surface area (Å²) in [6.07, 6.45) is 1.86. The molecule has 1 rings (SSSR count). The Balaban J connectivity index is 2.75. The van der Waals surface area contributed by atoms with Crippen LogP contribution in [0, 0.1) is 5.92 Å². The van der Waals surface area contributed by atoms with E-state index in [9.17, 15) is 9.59 Å². The second-order valence-electron chi connectivity index (χ2n) is 6.43. The van der Waals surface area contributed by atoms with Crippen LogP contribution in [0.3, 0.4) is 0 Å². The van der Waals surface area contributed by atoms with Gasteiger partial charge in [-0.05, 0) is 43.8 Å². The van der Waals surface area contributed by atoms with Crippen LogP contribution in [0.5, 0.6) is 0 Å². The molecule has 1 aromatic rings. The molecule has 0 heterocycles. The Hall–Kier alpha value is -1.92. The van der Waals surface area contributed by atoms with Crippen LogP contribution in [-0.4, -0.2) is 37.0 Å². The number of benzene rings is 1. The first-order valence-corrected chi connectivity index (χ1v) is 8.51. The van der Waals surface area contributed by atoms with Crippen molar-refractivity contribution in [3.8, 4) is 0 Å². The van der Waals surface area contributed by atoms with E-state index in [1.807, 2.05) is 44.2 Å². The predicted octanol–water partition coefficient (Wildman–Crippen LogP) is 0.552. The quantitative estimate of drug-likeness (QED) is 0.443. The molecular weight excluding hydrogens is 304 g/mol. The summed E-state index contributed by atoms with van der Waals surface area (Å²) in [5, 5.41) is 6.01. The van der Waals surface area contributed by atoms with Crippen LogP contribution in [0.1, 0.15) is 32.3 Å². The van der Waals surface area contributed by atoms with Gasteiger partial charge in [0, 0.05) is 0 Å². The number of nitrogens with one attached hydrogen (secondary N) is 2. The number of hydrogen-bond acceptors (Lipinski definition) is 4. The maximum absolute atomic E-state index is 12.6. The van der Waals surface area contributed by atoms with E-state index in [0.717, 1.165) is 12.0 Å². The van der Waals surface area contributed by atoms with E-state index in [0.29, 0.717) is 25.9 Å². The summed E-state index contributed by atoms with van der Waals surface area (Å²) < 4.78 is 0. The monoisotopic (exact) mass is 334 g/mol. The summed E-state index contributed by atoms with van der Waals surface area (Å²) in [4.78, 5) is 24.2. The fourth-order valence-electron chi connectivity index (χ4n) is 2.48. The lowest BCUT2D eigenvalue weighted by atomic mass is 10.0. The van der Waals surface area contributed by atoms with Gasteiger partial charge in [0.25, 0.3) is 0 Å². The molecule has 134 valence electrons. The molecule has 1 aromatic carbocycles. The number of carbonyl (C=O) groups is 2. The lowest BCUT2D eigenvalue weighted by Gasteiger charge is -2.23. The first-order valence-electron chi connectivity index (χ1n) is 8.51. The minimum atomic E-state index is -0.646. The van der Waals surface area contributed by atoms with Crippen LogP contribution < -0.4 is 22.1 Å². The number of carbonyl (C=O) groups excluding carboxylic acids is 2. The number of primary amides is 1. The van der Waals surface area contributed by atoms with Crippen molar-refractivity contribution in [3.05, 3.63) is 35.9 Å². The maximum atomic E-state index is 12.6. The minimum Gasteiger partial charge on any atom is -0.368 e. The van der Waals surface area contributed by atoms with E-state index in [1.54, 1.807) is 0 Å². The highest BCUT2D eigenvalue weighted by Crippen LogP contribution is 2.07. The molecule has 0 spiro atoms. The van der Waals surface area contributed by atoms with Gasteiger partial charge in [0.2, 0.25) is 11.8 Å². The number of rotatable bonds is 11. The zero-order valence-electron chi connectivity index (χ0n) is 14.6. The van der Waals surface area contributed by atoms with Gasteiger partial charge < -0.3 is 22.1 Å². The van der Waals surface area contributed by atoms with E-state index >= 15 is 0 Å². The molecule has 0 aliphatic rings. The average Bonchev–Trinajstić information content (AvgIpc) is 2.53. The largest absolute Gasteiger partial charge is 0.368 e. The summed E-state index contributed by atoms with van der Waals surface area (Å²) in [6.45, 7) is 5.18. The molecule has 0 fully saturated rings. The van der Waals surface area contributed by atoms with Crippen LogP contribution in [0.2, 0.25) is 0 Å². The molecule has 2 amide bonds. The lowest BCUT2D eigenvalue weighted by Crippen LogP contribution is -2.53. The average molecular weight is 334 g/mol. The van der Waals surface area contributed by atoms with Crippen LogP contribution in [0.15, 0.2) is 30.3 Å². The molecule has 6 N–H and O–H groups in total. The van der Waals surface area contributed by atoms with Gasteiger partial charge in [-0.15, -0.1) is 0 Å². The molecule has 0 unspecified atom stereocenters. The summed E-state index contributed by atoms with van der Waals surface area (Å²) in [5.74, 6) is -0.446. The van der Waals surface area contributed by atoms with E-state index in [4.69, 9.17) is 11.5 Å². The molecule has 0 saturated carbocycles. The highest BCUT2D eigenvalue weighted by atomic mass is 16.2. The minimum absolute atomic E-state index is 0.208. The van der Waals surface area contributed by atoms with Gasteiger partial charge in [0.1, 0.15) is 6.04 Å². The molecule has 0 aromatic heterocycles. The van der Waals surface area contributed by atoms with E-state index in [1.165, 1.54) is 0 Å². The molecule has 24 heavy (non-hydrogen) atoms. The van der Waals surface area contributed by atoms with Gasteiger partial charge in [0.15, 0.2) is 0 Å². The van der Waals surface area contributed by atoms with E-state index in [2.05, 4.69) is 10.6 Å². The van der Waals surface area contributed by atoms with E-state index < -0.39 is 18.0 Å². The Labute approximate surface area is 144 Å². The van der Waals surface area contributed by atoms with Crippen molar-refractivity contribution in [2.75, 3.05) is 13.1 Å². The Morgan fingerprint density at radius 2 is 1.79 bits per heavy atom. The Morgan fingerprint density at radius 1 is 1.12 bits per heavy atom. The fraction of sp³-hybridized carbons (Fsp3) is 0.556. The van der Waals surface area contributed by atoms with Crippen molar-refractivity contribution in [1.82, 2.24) is 10.6 Å². The van der Waals surface area contributed by atoms with Crippen molar-refractivity contribution >= 4 is 11.8 Å². The topological polar surface area (TPSA) is 110 Å². The summed E-state index contributed by atoms with van der Waals surface area (Å²) in [6, 6.07) is 8.70. The SMILES string of the molecule is CC(C)C[C@H](NC(=O)[C@H](Cc1ccccc1)NCCCN)C(N)=O. The van der Waals surface area contributed by atoms with Crippen molar-refractivity contribution < 1.29 is 9.59 Å². The fourth-order valence-corrected chi connectivity index (χ4v) is 2.48. The standard InChI is InChI=1S/C18H30N4O2/c1-13(2)11-15(17(20)23)22-18(24)16(21-10-6-9-19)12-14-7-4-3-5-8-14/h3-5,7-8,13,15-16,21H,6,9-12,19H2,1-2H3,(H2,20,23)(H,22,24)/t15-,16-/m0/s1. The van der Waals surface area contributed by atoms with Gasteiger partial charge in [-0.25, -0.2) is 0 Å². The van der Waals surface area contributed by atoms with Gasteiger partial charge in [-0.3, -0.25) is 9.59 Å². The molecule has 0 saturated heterocycles. The first kappa shape index (κ1) is 20.1. The van der Waals surface area contributed by atoms with Crippen LogP contribution in [0.25, 0.3) is 0 Å². The van der Waals surface area contributed by atoms with Gasteiger partial charge in [-0.1, -0.05) is 44.2 Å². The molecule has 6 nitrogen and oxygen atoms in total. The van der Waals surface area contributed by atoms with Crippen LogP contribution >= 0.6 is 0 Å². The highest BCUT2D eigenvalue weighted by molar-refractivity contribution is 5.89. The van der Waals surface area contributed by atoms with Crippen molar-refractivity contribution in [1.29, 1.82) is 0 Å². The first-order chi connectivity index (χ1) is 11.4. The second-order valence-corrected chi connectivity index (χ2v) is 6.43. The Kier molecular flexibility index (Phi) is 9.04. The summed E-state index contributed by atoms with van der Waals surface area (Å²) in [7, 11) is 0. The molecule has 6 heteroatoms. The molecule has 2 atom stereocenters. The van der Waals surface area contributed by atoms with Crippen molar-refractivity contribution in [2.24, 2.45) is 17.4 Å². The zero-order valence-corrected chi connectivity index (χ0v) is 14.6. The third kappa shape index (κ3) is 7.57. The lowest BCUT2D eigenvalue weighted by molar-refractivity contribution is -0.129. The van der Waals surface area contributed by atoms with Gasteiger partial charge in [0.05, 0.1) is 6.04 Å². The van der Waals surface area contributed by atoms with E-state index in [-0.39, 0.29) is 11.8 Å². The van der Waals surface area contributed by atoms with Crippen molar-refractivity contribution in [3.63, 3.8) is 0 Å². The highest BCUT2D eigenvalue weighted by Gasteiger charge is 2.24. The Morgan fingerprint density at radius 3 is 2.33 bits per heavy atom. The molecule has 0 radical (unpaired) electrons. The maximum Gasteiger partial charge on any atom is 0.240 e. The van der Waals surface area contributed by atoms with Crippen LogP contribution in [-0.2, 0) is 16.0 Å². The second kappa shape index (κ2) is 10.8. The number of amides is 2. The molecule has 0 bridgehead atoms. The van der Waals surface area contributed by atoms with Gasteiger partial charge in [-0.2, -0.15) is 0 Å². The Bertz CT molecular complexity index is 505. The van der Waals surface area contributed by atoms with Gasteiger partial charge >= 0.3 is 0 Å². The molecular formula is C18H30N4O2. The third-order valence-corrected chi connectivity index (χ3v) is 3.74.